The molecule has 6 aromatic carbocycles. The van der Waals surface area contributed by atoms with Crippen molar-refractivity contribution in [2.24, 2.45) is 0 Å². The Balaban J connectivity index is 1.56. The van der Waals surface area contributed by atoms with Crippen LogP contribution in [0.5, 0.6) is 0 Å². The fourth-order valence-electron chi connectivity index (χ4n) is 9.13. The number of hydrogen-bond acceptors (Lipinski definition) is 4. The molecule has 0 heterocycles. The third-order valence-corrected chi connectivity index (χ3v) is 11.6. The fourth-order valence-corrected chi connectivity index (χ4v) is 9.13. The molecule has 0 spiro atoms. The van der Waals surface area contributed by atoms with Gasteiger partial charge in [0.2, 0.25) is 6.41 Å². The van der Waals surface area contributed by atoms with Gasteiger partial charge in [-0.1, -0.05) is 71.8 Å². The largest absolute Gasteiger partial charge is 0.398 e. The summed E-state index contributed by atoms with van der Waals surface area (Å²) >= 11 is 0. The van der Waals surface area contributed by atoms with E-state index in [9.17, 15) is 9.59 Å². The van der Waals surface area contributed by atoms with Gasteiger partial charge in [0.15, 0.2) is 0 Å². The number of nitrogens with zero attached hydrogens (tertiary/aromatic N) is 1. The quantitative estimate of drug-likeness (QED) is 0.112. The molecule has 278 valence electrons. The Morgan fingerprint density at radius 3 is 1.47 bits per heavy atom. The normalized spacial score (nSPS) is 12.6. The third kappa shape index (κ3) is 5.97. The highest BCUT2D eigenvalue weighted by Crippen LogP contribution is 2.58. The van der Waals surface area contributed by atoms with Crippen molar-refractivity contribution in [2.75, 3.05) is 21.7 Å². The van der Waals surface area contributed by atoms with Gasteiger partial charge in [0, 0.05) is 28.3 Å². The van der Waals surface area contributed by atoms with Crippen molar-refractivity contribution in [3.05, 3.63) is 168 Å². The van der Waals surface area contributed by atoms with Crippen LogP contribution in [0.15, 0.2) is 84.9 Å². The Hall–Kier alpha value is -6.14. The van der Waals surface area contributed by atoms with Crippen molar-refractivity contribution in [3.8, 4) is 11.1 Å². The summed E-state index contributed by atoms with van der Waals surface area (Å²) in [5.41, 5.74) is 33.1. The van der Waals surface area contributed by atoms with Gasteiger partial charge in [-0.3, -0.25) is 14.5 Å². The summed E-state index contributed by atoms with van der Waals surface area (Å²) < 4.78 is 0. The first-order chi connectivity index (χ1) is 26.1. The van der Waals surface area contributed by atoms with Gasteiger partial charge in [0.25, 0.3) is 5.91 Å². The number of hydrogen-bond donors (Lipinski definition) is 3. The molecular weight excluding hydrogens is 677 g/mol. The Labute approximate surface area is 325 Å². The summed E-state index contributed by atoms with van der Waals surface area (Å²) in [6, 6.07) is 29.4. The zero-order valence-corrected chi connectivity index (χ0v) is 33.6. The number of anilines is 5. The first kappa shape index (κ1) is 37.2. The van der Waals surface area contributed by atoms with E-state index in [1.54, 1.807) is 4.90 Å². The number of nitrogens with two attached hydrogens (primary N) is 2. The number of amides is 2. The Morgan fingerprint density at radius 1 is 0.564 bits per heavy atom. The predicted octanol–water partition coefficient (Wildman–Crippen LogP) is 10.8. The smallest absolute Gasteiger partial charge is 0.255 e. The van der Waals surface area contributed by atoms with Crippen molar-refractivity contribution < 1.29 is 9.59 Å². The van der Waals surface area contributed by atoms with E-state index in [-0.39, 0.29) is 5.91 Å². The molecule has 6 heteroatoms. The highest BCUT2D eigenvalue weighted by molar-refractivity contribution is 6.06. The standard InChI is InChI=1S/C49H50N4O2/c1-26-15-32(7)46(33(8)16-26)52-48(55)36-11-13-40-41-14-12-39(53(25-54)47-34(9)17-27(2)18-35(47)10)24-43(41)49(42(40)23-36,37-19-28(3)44(50)29(4)20-37)38-21-30(5)45(51)31(6)22-38/h11-25H,50-51H2,1-10H3,(H,52,55). The minimum Gasteiger partial charge on any atom is -0.398 e. The molecule has 0 unspecified atom stereocenters. The number of carbonyl (C=O) groups is 2. The maximum Gasteiger partial charge on any atom is 0.255 e. The summed E-state index contributed by atoms with van der Waals surface area (Å²) in [6.45, 7) is 20.4. The van der Waals surface area contributed by atoms with Gasteiger partial charge in [-0.05, 0) is 171 Å². The summed E-state index contributed by atoms with van der Waals surface area (Å²) in [6.07, 6.45) is 0.905. The molecule has 6 nitrogen and oxygen atoms in total. The van der Waals surface area contributed by atoms with E-state index in [1.807, 2.05) is 67.5 Å². The van der Waals surface area contributed by atoms with Gasteiger partial charge >= 0.3 is 0 Å². The maximum atomic E-state index is 14.3. The first-order valence-electron chi connectivity index (χ1n) is 18.8. The van der Waals surface area contributed by atoms with Crippen molar-refractivity contribution in [1.82, 2.24) is 0 Å². The average molecular weight is 727 g/mol. The van der Waals surface area contributed by atoms with E-state index in [4.69, 9.17) is 11.5 Å². The third-order valence-electron chi connectivity index (χ3n) is 11.6. The molecule has 5 N–H and O–H groups in total. The molecule has 0 radical (unpaired) electrons. The van der Waals surface area contributed by atoms with Gasteiger partial charge in [-0.2, -0.15) is 0 Å². The molecule has 1 aliphatic rings. The molecule has 2 amide bonds. The summed E-state index contributed by atoms with van der Waals surface area (Å²) in [5.74, 6) is -0.185. The van der Waals surface area contributed by atoms with Crippen LogP contribution in [0, 0.1) is 69.2 Å². The van der Waals surface area contributed by atoms with Gasteiger partial charge in [-0.25, -0.2) is 0 Å². The number of nitrogens with one attached hydrogen (secondary N) is 1. The minimum atomic E-state index is -0.912. The molecule has 55 heavy (non-hydrogen) atoms. The van der Waals surface area contributed by atoms with Crippen LogP contribution in [0.25, 0.3) is 11.1 Å². The van der Waals surface area contributed by atoms with Crippen LogP contribution in [0.1, 0.15) is 88.2 Å². The lowest BCUT2D eigenvalue weighted by Crippen LogP contribution is -2.30. The van der Waals surface area contributed by atoms with Gasteiger partial charge in [0.05, 0.1) is 11.1 Å². The second-order valence-corrected chi connectivity index (χ2v) is 15.7. The lowest BCUT2D eigenvalue weighted by Gasteiger charge is -2.36. The number of rotatable bonds is 7. The topological polar surface area (TPSA) is 101 Å². The predicted molar refractivity (Wildman–Crippen MR) is 229 cm³/mol. The molecule has 0 fully saturated rings. The molecule has 0 aromatic heterocycles. The van der Waals surface area contributed by atoms with E-state index >= 15 is 0 Å². The zero-order valence-electron chi connectivity index (χ0n) is 33.6. The lowest BCUT2D eigenvalue weighted by atomic mass is 9.66. The SMILES string of the molecule is Cc1cc(C)c(NC(=O)c2ccc3c(c2)C(c2cc(C)c(N)c(C)c2)(c2cc(C)c(N)c(C)c2)c2cc(N(C=O)c4c(C)cc(C)cc4C)ccc2-3)c(C)c1. The Kier molecular flexibility index (Phi) is 9.20. The van der Waals surface area contributed by atoms with Crippen LogP contribution >= 0.6 is 0 Å². The molecule has 1 aliphatic carbocycles. The summed E-state index contributed by atoms with van der Waals surface area (Å²) in [4.78, 5) is 29.2. The number of fused-ring (bicyclic) bond motifs is 3. The zero-order chi connectivity index (χ0) is 39.7. The monoisotopic (exact) mass is 726 g/mol. The number of benzene rings is 6. The lowest BCUT2D eigenvalue weighted by molar-refractivity contribution is -0.106. The van der Waals surface area contributed by atoms with Crippen molar-refractivity contribution >= 4 is 40.8 Å². The van der Waals surface area contributed by atoms with E-state index in [2.05, 4.69) is 92.0 Å². The summed E-state index contributed by atoms with van der Waals surface area (Å²) in [7, 11) is 0. The van der Waals surface area contributed by atoms with E-state index in [0.29, 0.717) is 5.56 Å². The average Bonchev–Trinajstić information content (AvgIpc) is 3.41. The molecule has 0 aliphatic heterocycles. The van der Waals surface area contributed by atoms with Crippen LogP contribution in [0.4, 0.5) is 28.4 Å². The van der Waals surface area contributed by atoms with Crippen LogP contribution < -0.4 is 21.7 Å². The van der Waals surface area contributed by atoms with Gasteiger partial charge in [-0.15, -0.1) is 0 Å². The maximum absolute atomic E-state index is 14.3. The minimum absolute atomic E-state index is 0.185. The summed E-state index contributed by atoms with van der Waals surface area (Å²) in [5, 5.41) is 3.24. The van der Waals surface area contributed by atoms with E-state index < -0.39 is 5.41 Å². The highest BCUT2D eigenvalue weighted by Gasteiger charge is 2.47. The second kappa shape index (κ2) is 13.6. The second-order valence-electron chi connectivity index (χ2n) is 15.7. The molecule has 0 bridgehead atoms. The number of nitrogen functional groups attached to an aromatic ring is 2. The van der Waals surface area contributed by atoms with Crippen molar-refractivity contribution in [1.29, 1.82) is 0 Å². The first-order valence-corrected chi connectivity index (χ1v) is 18.8. The molecular formula is C49H50N4O2. The van der Waals surface area contributed by atoms with Crippen LogP contribution in [0.3, 0.4) is 0 Å². The number of aryl methyl sites for hydroxylation is 10. The van der Waals surface area contributed by atoms with E-state index in [0.717, 1.165) is 124 Å². The van der Waals surface area contributed by atoms with Crippen LogP contribution in [-0.2, 0) is 10.2 Å². The van der Waals surface area contributed by atoms with Crippen LogP contribution in [-0.4, -0.2) is 12.3 Å². The van der Waals surface area contributed by atoms with Crippen molar-refractivity contribution in [3.63, 3.8) is 0 Å². The van der Waals surface area contributed by atoms with Crippen LogP contribution in [0.2, 0.25) is 0 Å². The Morgan fingerprint density at radius 2 is 1.00 bits per heavy atom. The Bertz CT molecular complexity index is 2450. The molecule has 7 rings (SSSR count). The molecule has 0 saturated carbocycles. The van der Waals surface area contributed by atoms with E-state index in [1.165, 1.54) is 0 Å². The molecule has 0 atom stereocenters. The molecule has 6 aromatic rings. The molecule has 0 saturated heterocycles. The fraction of sp³-hybridized carbons (Fsp3) is 0.224. The van der Waals surface area contributed by atoms with Gasteiger partial charge in [0.1, 0.15) is 0 Å². The number of carbonyl (C=O) groups excluding carboxylic acids is 2. The highest BCUT2D eigenvalue weighted by atomic mass is 16.1. The van der Waals surface area contributed by atoms with Gasteiger partial charge < -0.3 is 16.8 Å². The van der Waals surface area contributed by atoms with Crippen molar-refractivity contribution in [2.45, 2.75) is 74.7 Å².